The molecule has 9 heteroatoms. The molecule has 0 N–H and O–H groups in total. The van der Waals surface area contributed by atoms with Crippen LogP contribution in [0.15, 0.2) is 64.2 Å². The van der Waals surface area contributed by atoms with E-state index >= 15 is 0 Å². The minimum absolute atomic E-state index is 0.00726. The Balaban J connectivity index is 1.16. The molecule has 3 fully saturated rings. The van der Waals surface area contributed by atoms with Gasteiger partial charge >= 0.3 is 0 Å². The maximum absolute atomic E-state index is 14.0. The first-order valence-electron chi connectivity index (χ1n) is 14.2. The topological polar surface area (TPSA) is 89.7 Å². The SMILES string of the molecule is CC(=O)N1CCC2(CC1)N=C(c1ccc(-c3ccc4occc4c3)cc1)N(CN1CCN(C(=O)C3CC3)C1)C2=O. The van der Waals surface area contributed by atoms with Gasteiger partial charge in [0.15, 0.2) is 0 Å². The van der Waals surface area contributed by atoms with Crippen molar-refractivity contribution in [2.24, 2.45) is 10.9 Å². The molecule has 2 aromatic carbocycles. The fourth-order valence-corrected chi connectivity index (χ4v) is 6.21. The molecule has 0 radical (unpaired) electrons. The van der Waals surface area contributed by atoms with Gasteiger partial charge in [0.1, 0.15) is 17.0 Å². The third kappa shape index (κ3) is 4.38. The van der Waals surface area contributed by atoms with Gasteiger partial charge in [0.25, 0.3) is 5.91 Å². The Hall–Kier alpha value is -3.98. The molecule has 7 rings (SSSR count). The van der Waals surface area contributed by atoms with E-state index in [1.807, 2.05) is 35.2 Å². The van der Waals surface area contributed by atoms with Crippen molar-refractivity contribution in [3.8, 4) is 11.1 Å². The number of carbonyl (C=O) groups excluding carboxylic acids is 3. The summed E-state index contributed by atoms with van der Waals surface area (Å²) < 4.78 is 5.48. The molecule has 3 amide bonds. The van der Waals surface area contributed by atoms with Gasteiger partial charge in [-0.2, -0.15) is 0 Å². The largest absolute Gasteiger partial charge is 0.464 e. The van der Waals surface area contributed by atoms with Gasteiger partial charge in [-0.25, -0.2) is 0 Å². The molecule has 4 aliphatic rings. The normalized spacial score (nSPS) is 21.1. The Morgan fingerprint density at radius 2 is 1.65 bits per heavy atom. The predicted molar refractivity (Wildman–Crippen MR) is 150 cm³/mol. The van der Waals surface area contributed by atoms with Crippen LogP contribution in [-0.4, -0.2) is 88.2 Å². The lowest BCUT2D eigenvalue weighted by Gasteiger charge is -2.36. The average Bonchev–Trinajstić information content (AvgIpc) is 3.43. The molecule has 3 aliphatic heterocycles. The number of hydrogen-bond donors (Lipinski definition) is 0. The van der Waals surface area contributed by atoms with E-state index in [2.05, 4.69) is 23.1 Å². The molecule has 2 saturated heterocycles. The third-order valence-corrected chi connectivity index (χ3v) is 8.82. The van der Waals surface area contributed by atoms with Gasteiger partial charge in [-0.15, -0.1) is 0 Å². The molecule has 0 bridgehead atoms. The van der Waals surface area contributed by atoms with E-state index in [0.717, 1.165) is 47.0 Å². The van der Waals surface area contributed by atoms with Crippen molar-refractivity contribution in [1.29, 1.82) is 0 Å². The first-order chi connectivity index (χ1) is 19.4. The second-order valence-electron chi connectivity index (χ2n) is 11.5. The number of amides is 3. The van der Waals surface area contributed by atoms with Gasteiger partial charge in [0, 0.05) is 50.0 Å². The second-order valence-corrected chi connectivity index (χ2v) is 11.5. The van der Waals surface area contributed by atoms with Gasteiger partial charge in [-0.3, -0.25) is 29.2 Å². The van der Waals surface area contributed by atoms with E-state index in [0.29, 0.717) is 51.6 Å². The van der Waals surface area contributed by atoms with Crippen molar-refractivity contribution in [1.82, 2.24) is 19.6 Å². The number of furan rings is 1. The summed E-state index contributed by atoms with van der Waals surface area (Å²) in [4.78, 5) is 51.4. The number of fused-ring (bicyclic) bond motifs is 1. The van der Waals surface area contributed by atoms with Crippen LogP contribution in [0.2, 0.25) is 0 Å². The molecular formula is C31H33N5O4. The van der Waals surface area contributed by atoms with Crippen LogP contribution < -0.4 is 0 Å². The fraction of sp³-hybridized carbons (Fsp3) is 0.419. The smallest absolute Gasteiger partial charge is 0.257 e. The summed E-state index contributed by atoms with van der Waals surface area (Å²) in [6.07, 6.45) is 4.70. The molecular weight excluding hydrogens is 506 g/mol. The minimum atomic E-state index is -0.852. The highest BCUT2D eigenvalue weighted by atomic mass is 16.3. The highest BCUT2D eigenvalue weighted by molar-refractivity contribution is 6.15. The van der Waals surface area contributed by atoms with E-state index in [1.165, 1.54) is 0 Å². The highest BCUT2D eigenvalue weighted by Crippen LogP contribution is 2.37. The van der Waals surface area contributed by atoms with Crippen LogP contribution in [0.4, 0.5) is 0 Å². The molecule has 1 aromatic heterocycles. The zero-order valence-electron chi connectivity index (χ0n) is 22.7. The lowest BCUT2D eigenvalue weighted by atomic mass is 9.87. The first kappa shape index (κ1) is 25.0. The zero-order valence-corrected chi connectivity index (χ0v) is 22.7. The molecule has 1 saturated carbocycles. The molecule has 40 heavy (non-hydrogen) atoms. The highest BCUT2D eigenvalue weighted by Gasteiger charge is 2.51. The van der Waals surface area contributed by atoms with Crippen LogP contribution in [0, 0.1) is 5.92 Å². The zero-order chi connectivity index (χ0) is 27.4. The molecule has 1 spiro atoms. The maximum Gasteiger partial charge on any atom is 0.257 e. The predicted octanol–water partition coefficient (Wildman–Crippen LogP) is 3.54. The molecule has 0 unspecified atom stereocenters. The van der Waals surface area contributed by atoms with Crippen LogP contribution in [0.5, 0.6) is 0 Å². The molecule has 9 nitrogen and oxygen atoms in total. The van der Waals surface area contributed by atoms with Crippen LogP contribution in [0.1, 0.15) is 38.2 Å². The lowest BCUT2D eigenvalue weighted by molar-refractivity contribution is -0.138. The maximum atomic E-state index is 14.0. The van der Waals surface area contributed by atoms with Crippen LogP contribution >= 0.6 is 0 Å². The number of carbonyl (C=O) groups is 3. The lowest BCUT2D eigenvalue weighted by Crippen LogP contribution is -2.52. The summed E-state index contributed by atoms with van der Waals surface area (Å²) in [6.45, 7) is 4.97. The second kappa shape index (κ2) is 9.59. The van der Waals surface area contributed by atoms with Gasteiger partial charge in [-0.1, -0.05) is 30.3 Å². The number of benzene rings is 2. The summed E-state index contributed by atoms with van der Waals surface area (Å²) in [5.41, 5.74) is 3.05. The van der Waals surface area contributed by atoms with Crippen LogP contribution in [-0.2, 0) is 14.4 Å². The summed E-state index contributed by atoms with van der Waals surface area (Å²) in [5.74, 6) is 1.12. The van der Waals surface area contributed by atoms with Crippen LogP contribution in [0.25, 0.3) is 22.1 Å². The Labute approximate surface area is 233 Å². The molecule has 0 atom stereocenters. The Morgan fingerprint density at radius 3 is 2.38 bits per heavy atom. The molecule has 4 heterocycles. The Kier molecular flexibility index (Phi) is 6.00. The Bertz CT molecular complexity index is 1510. The Morgan fingerprint density at radius 1 is 0.925 bits per heavy atom. The van der Waals surface area contributed by atoms with Crippen molar-refractivity contribution < 1.29 is 18.8 Å². The number of piperidine rings is 1. The first-order valence-corrected chi connectivity index (χ1v) is 14.2. The van der Waals surface area contributed by atoms with E-state index in [-0.39, 0.29) is 23.6 Å². The molecule has 1 aliphatic carbocycles. The van der Waals surface area contributed by atoms with E-state index in [4.69, 9.17) is 9.41 Å². The monoisotopic (exact) mass is 539 g/mol. The number of nitrogens with zero attached hydrogens (tertiary/aromatic N) is 5. The summed E-state index contributed by atoms with van der Waals surface area (Å²) in [6, 6.07) is 16.3. The minimum Gasteiger partial charge on any atom is -0.464 e. The molecule has 206 valence electrons. The van der Waals surface area contributed by atoms with Crippen molar-refractivity contribution in [3.05, 3.63) is 60.4 Å². The summed E-state index contributed by atoms with van der Waals surface area (Å²) >= 11 is 0. The van der Waals surface area contributed by atoms with Crippen molar-refractivity contribution in [2.45, 2.75) is 38.1 Å². The van der Waals surface area contributed by atoms with E-state index in [1.54, 1.807) is 23.0 Å². The van der Waals surface area contributed by atoms with Crippen molar-refractivity contribution in [2.75, 3.05) is 39.5 Å². The number of likely N-dealkylation sites (tertiary alicyclic amines) is 1. The summed E-state index contributed by atoms with van der Waals surface area (Å²) in [5, 5.41) is 1.05. The van der Waals surface area contributed by atoms with Crippen LogP contribution in [0.3, 0.4) is 0 Å². The number of amidine groups is 1. The van der Waals surface area contributed by atoms with Gasteiger partial charge in [0.2, 0.25) is 11.8 Å². The molecule has 3 aromatic rings. The summed E-state index contributed by atoms with van der Waals surface area (Å²) in [7, 11) is 0. The number of rotatable bonds is 5. The van der Waals surface area contributed by atoms with E-state index < -0.39 is 5.54 Å². The van der Waals surface area contributed by atoms with Gasteiger partial charge < -0.3 is 14.2 Å². The van der Waals surface area contributed by atoms with Gasteiger partial charge in [-0.05, 0) is 55.0 Å². The third-order valence-electron chi connectivity index (χ3n) is 8.82. The number of aliphatic imine (C=N–C) groups is 1. The average molecular weight is 540 g/mol. The quantitative estimate of drug-likeness (QED) is 0.495. The van der Waals surface area contributed by atoms with Gasteiger partial charge in [0.05, 0.1) is 19.6 Å². The fourth-order valence-electron chi connectivity index (χ4n) is 6.21. The number of hydrogen-bond acceptors (Lipinski definition) is 6. The van der Waals surface area contributed by atoms with Crippen molar-refractivity contribution >= 4 is 34.5 Å². The standard InChI is InChI=1S/C31H33N5O4/c1-21(37)34-13-11-31(12-14-34)30(39)36(20-33-15-16-35(19-33)29(38)24-6-7-24)28(32-31)23-4-2-22(3-5-23)25-8-9-27-26(18-25)10-17-40-27/h2-5,8-10,17-18,24H,6-7,11-16,19-20H2,1H3. The van der Waals surface area contributed by atoms with Crippen molar-refractivity contribution in [3.63, 3.8) is 0 Å². The van der Waals surface area contributed by atoms with E-state index in [9.17, 15) is 14.4 Å².